The summed E-state index contributed by atoms with van der Waals surface area (Å²) in [5.74, 6) is -1.09. The number of hydrogen-bond acceptors (Lipinski definition) is 5. The number of nitrogens with zero attached hydrogens (tertiary/aromatic N) is 1. The molecule has 1 aromatic carbocycles. The molecule has 2 aliphatic heterocycles. The largest absolute Gasteiger partial charge is 0.481 e. The SMILES string of the molecule is O=C1CCC(Nc2ccc(N3CC(C4CC(C(=O)O)C4)C3)c(F)c2)C(=O)N1. The maximum atomic E-state index is 14.5. The lowest BCUT2D eigenvalue weighted by molar-refractivity contribution is -0.147. The highest BCUT2D eigenvalue weighted by Gasteiger charge is 2.43. The summed E-state index contributed by atoms with van der Waals surface area (Å²) in [5, 5.41) is 14.2. The van der Waals surface area contributed by atoms with Crippen LogP contribution in [0.4, 0.5) is 15.8 Å². The molecule has 27 heavy (non-hydrogen) atoms. The van der Waals surface area contributed by atoms with Gasteiger partial charge in [0.2, 0.25) is 11.8 Å². The molecule has 4 rings (SSSR count). The van der Waals surface area contributed by atoms with Gasteiger partial charge in [-0.3, -0.25) is 19.7 Å². The molecule has 7 nitrogen and oxygen atoms in total. The normalized spacial score (nSPS) is 28.2. The van der Waals surface area contributed by atoms with Crippen LogP contribution in [0.15, 0.2) is 18.2 Å². The van der Waals surface area contributed by atoms with Gasteiger partial charge in [-0.2, -0.15) is 0 Å². The van der Waals surface area contributed by atoms with Gasteiger partial charge in [0.15, 0.2) is 0 Å². The Morgan fingerprint density at radius 1 is 1.22 bits per heavy atom. The van der Waals surface area contributed by atoms with Gasteiger partial charge in [0.05, 0.1) is 11.6 Å². The summed E-state index contributed by atoms with van der Waals surface area (Å²) in [6.07, 6.45) is 2.11. The van der Waals surface area contributed by atoms with E-state index >= 15 is 0 Å². The van der Waals surface area contributed by atoms with E-state index in [0.717, 1.165) is 25.9 Å². The van der Waals surface area contributed by atoms with Crippen LogP contribution in [0, 0.1) is 23.6 Å². The third kappa shape index (κ3) is 3.48. The molecule has 2 amide bonds. The standard InChI is InChI=1S/C19H22FN3O4/c20-14-7-13(21-15-2-4-17(24)22-18(15)25)1-3-16(14)23-8-12(9-23)10-5-11(6-10)19(26)27/h1,3,7,10-12,15,21H,2,4-6,8-9H2,(H,26,27)(H,22,24,25). The van der Waals surface area contributed by atoms with Crippen LogP contribution in [0.5, 0.6) is 0 Å². The molecule has 0 bridgehead atoms. The van der Waals surface area contributed by atoms with Gasteiger partial charge in [-0.1, -0.05) is 0 Å². The van der Waals surface area contributed by atoms with Crippen LogP contribution in [0.2, 0.25) is 0 Å². The van der Waals surface area contributed by atoms with Crippen LogP contribution in [0.25, 0.3) is 0 Å². The molecule has 0 spiro atoms. The number of piperidine rings is 1. The number of benzene rings is 1. The van der Waals surface area contributed by atoms with Crippen LogP contribution in [0.3, 0.4) is 0 Å². The molecule has 3 fully saturated rings. The Morgan fingerprint density at radius 3 is 2.59 bits per heavy atom. The molecule has 1 unspecified atom stereocenters. The fourth-order valence-corrected chi connectivity index (χ4v) is 4.14. The zero-order valence-corrected chi connectivity index (χ0v) is 14.8. The number of carboxylic acid groups (broad SMARTS) is 1. The molecule has 1 atom stereocenters. The number of anilines is 2. The van der Waals surface area contributed by atoms with Crippen LogP contribution < -0.4 is 15.5 Å². The van der Waals surface area contributed by atoms with Crippen molar-refractivity contribution in [3.05, 3.63) is 24.0 Å². The van der Waals surface area contributed by atoms with E-state index in [2.05, 4.69) is 10.6 Å². The van der Waals surface area contributed by atoms with Crippen molar-refractivity contribution < 1.29 is 23.9 Å². The second-order valence-electron chi connectivity index (χ2n) is 7.75. The number of carbonyl (C=O) groups is 3. The number of hydrogen-bond donors (Lipinski definition) is 3. The Hall–Kier alpha value is -2.64. The monoisotopic (exact) mass is 375 g/mol. The van der Waals surface area contributed by atoms with Crippen LogP contribution >= 0.6 is 0 Å². The molecule has 0 radical (unpaired) electrons. The lowest BCUT2D eigenvalue weighted by atomic mass is 9.66. The number of nitrogens with one attached hydrogen (secondary N) is 2. The topological polar surface area (TPSA) is 98.7 Å². The second-order valence-corrected chi connectivity index (χ2v) is 7.75. The zero-order chi connectivity index (χ0) is 19.1. The number of halogens is 1. The first kappa shape index (κ1) is 17.8. The average Bonchev–Trinajstić information content (AvgIpc) is 2.51. The zero-order valence-electron chi connectivity index (χ0n) is 14.8. The van der Waals surface area contributed by atoms with Crippen molar-refractivity contribution in [3.8, 4) is 0 Å². The number of carboxylic acids is 1. The maximum Gasteiger partial charge on any atom is 0.306 e. The highest BCUT2D eigenvalue weighted by Crippen LogP contribution is 2.44. The molecule has 1 saturated carbocycles. The first-order valence-electron chi connectivity index (χ1n) is 9.28. The predicted molar refractivity (Wildman–Crippen MR) is 95.7 cm³/mol. The molecule has 2 heterocycles. The van der Waals surface area contributed by atoms with Gasteiger partial charge >= 0.3 is 5.97 Å². The summed E-state index contributed by atoms with van der Waals surface area (Å²) in [6.45, 7) is 1.49. The highest BCUT2D eigenvalue weighted by atomic mass is 19.1. The highest BCUT2D eigenvalue weighted by molar-refractivity contribution is 6.01. The molecule has 3 aliphatic rings. The van der Waals surface area contributed by atoms with Gasteiger partial charge in [0.1, 0.15) is 11.9 Å². The Morgan fingerprint density at radius 2 is 1.96 bits per heavy atom. The van der Waals surface area contributed by atoms with Gasteiger partial charge in [-0.25, -0.2) is 4.39 Å². The summed E-state index contributed by atoms with van der Waals surface area (Å²) >= 11 is 0. The van der Waals surface area contributed by atoms with Crippen molar-refractivity contribution in [1.29, 1.82) is 0 Å². The van der Waals surface area contributed by atoms with E-state index in [-0.39, 0.29) is 30.0 Å². The van der Waals surface area contributed by atoms with E-state index in [1.807, 2.05) is 4.90 Å². The Bertz CT molecular complexity index is 787. The fraction of sp³-hybridized carbons (Fsp3) is 0.526. The lowest BCUT2D eigenvalue weighted by Gasteiger charge is -2.49. The minimum atomic E-state index is -0.715. The minimum absolute atomic E-state index is 0.210. The molecular weight excluding hydrogens is 353 g/mol. The van der Waals surface area contributed by atoms with Crippen LogP contribution in [-0.4, -0.2) is 42.0 Å². The van der Waals surface area contributed by atoms with Gasteiger partial charge in [0, 0.05) is 25.2 Å². The predicted octanol–water partition coefficient (Wildman–Crippen LogP) is 1.59. The molecule has 2 saturated heterocycles. The van der Waals surface area contributed by atoms with Gasteiger partial charge in [0.25, 0.3) is 0 Å². The summed E-state index contributed by atoms with van der Waals surface area (Å²) < 4.78 is 14.5. The Balaban J connectivity index is 1.31. The second kappa shape index (κ2) is 6.83. The smallest absolute Gasteiger partial charge is 0.306 e. The first-order valence-corrected chi connectivity index (χ1v) is 9.28. The lowest BCUT2D eigenvalue weighted by Crippen LogP contribution is -2.53. The van der Waals surface area contributed by atoms with E-state index in [1.54, 1.807) is 12.1 Å². The van der Waals surface area contributed by atoms with Gasteiger partial charge in [-0.15, -0.1) is 0 Å². The van der Waals surface area contributed by atoms with Crippen LogP contribution in [-0.2, 0) is 14.4 Å². The summed E-state index contributed by atoms with van der Waals surface area (Å²) in [7, 11) is 0. The van der Waals surface area contributed by atoms with Crippen molar-refractivity contribution in [2.45, 2.75) is 31.7 Å². The molecule has 1 aromatic rings. The quantitative estimate of drug-likeness (QED) is 0.676. The molecule has 3 N–H and O–H groups in total. The first-order chi connectivity index (χ1) is 12.9. The minimum Gasteiger partial charge on any atom is -0.481 e. The Kier molecular flexibility index (Phi) is 4.49. The number of aliphatic carboxylic acids is 1. The summed E-state index contributed by atoms with van der Waals surface area (Å²) in [5.41, 5.74) is 1.03. The number of rotatable bonds is 5. The fourth-order valence-electron chi connectivity index (χ4n) is 4.14. The van der Waals surface area contributed by atoms with Crippen molar-refractivity contribution in [3.63, 3.8) is 0 Å². The number of carbonyl (C=O) groups excluding carboxylic acids is 2. The molecule has 1 aliphatic carbocycles. The average molecular weight is 375 g/mol. The third-order valence-electron chi connectivity index (χ3n) is 5.97. The number of amides is 2. The van der Waals surface area contributed by atoms with Crippen molar-refractivity contribution in [1.82, 2.24) is 5.32 Å². The summed E-state index contributed by atoms with van der Waals surface area (Å²) in [6, 6.07) is 4.26. The van der Waals surface area contributed by atoms with E-state index < -0.39 is 12.0 Å². The molecule has 144 valence electrons. The Labute approximate surface area is 155 Å². The van der Waals surface area contributed by atoms with Crippen molar-refractivity contribution >= 4 is 29.2 Å². The van der Waals surface area contributed by atoms with E-state index in [1.165, 1.54) is 6.07 Å². The van der Waals surface area contributed by atoms with Crippen LogP contribution in [0.1, 0.15) is 25.7 Å². The van der Waals surface area contributed by atoms with E-state index in [4.69, 9.17) is 5.11 Å². The van der Waals surface area contributed by atoms with Gasteiger partial charge in [-0.05, 0) is 49.3 Å². The third-order valence-corrected chi connectivity index (χ3v) is 5.97. The van der Waals surface area contributed by atoms with Crippen molar-refractivity contribution in [2.75, 3.05) is 23.3 Å². The summed E-state index contributed by atoms with van der Waals surface area (Å²) in [4.78, 5) is 35.8. The molecule has 0 aromatic heterocycles. The van der Waals surface area contributed by atoms with E-state index in [0.29, 0.717) is 29.6 Å². The van der Waals surface area contributed by atoms with E-state index in [9.17, 15) is 18.8 Å². The molecule has 8 heteroatoms. The van der Waals surface area contributed by atoms with Gasteiger partial charge < -0.3 is 15.3 Å². The maximum absolute atomic E-state index is 14.5. The van der Waals surface area contributed by atoms with Crippen molar-refractivity contribution in [2.24, 2.45) is 17.8 Å². The number of imide groups is 1. The molecular formula is C19H22FN3O4.